The lowest BCUT2D eigenvalue weighted by Crippen LogP contribution is -2.46. The molecule has 1 fully saturated rings. The van der Waals surface area contributed by atoms with E-state index in [0.29, 0.717) is 6.04 Å². The second kappa shape index (κ2) is 7.38. The van der Waals surface area contributed by atoms with Crippen molar-refractivity contribution in [1.29, 1.82) is 0 Å². The van der Waals surface area contributed by atoms with Crippen LogP contribution in [-0.4, -0.2) is 42.4 Å². The number of aliphatic hydroxyl groups excluding tert-OH is 1. The number of carbonyl (C=O) groups is 1. The Bertz CT molecular complexity index is 480. The number of para-hydroxylation sites is 1. The standard InChI is InChI=1S/C15H21FN2O3/c1-10(15(20)18-11-6-7-11)17-8-12(19)9-21-14-5-3-2-4-13(14)16/h2-5,10-12,17,19H,6-9H2,1H3,(H,18,20). The van der Waals surface area contributed by atoms with Crippen LogP contribution < -0.4 is 15.4 Å². The Hall–Kier alpha value is -1.66. The third-order valence-electron chi connectivity index (χ3n) is 3.24. The minimum atomic E-state index is -0.819. The van der Waals surface area contributed by atoms with Crippen LogP contribution in [0.3, 0.4) is 0 Å². The van der Waals surface area contributed by atoms with E-state index in [1.165, 1.54) is 12.1 Å². The number of halogens is 1. The first-order valence-electron chi connectivity index (χ1n) is 7.15. The molecule has 0 heterocycles. The monoisotopic (exact) mass is 296 g/mol. The normalized spacial score (nSPS) is 17.1. The second-order valence-corrected chi connectivity index (χ2v) is 5.31. The number of nitrogens with one attached hydrogen (secondary N) is 2. The number of benzene rings is 1. The summed E-state index contributed by atoms with van der Waals surface area (Å²) in [6.45, 7) is 1.90. The third-order valence-corrected chi connectivity index (χ3v) is 3.24. The van der Waals surface area contributed by atoms with Crippen LogP contribution in [0.15, 0.2) is 24.3 Å². The van der Waals surface area contributed by atoms with Crippen LogP contribution in [0.5, 0.6) is 5.75 Å². The molecule has 2 rings (SSSR count). The summed E-state index contributed by atoms with van der Waals surface area (Å²) >= 11 is 0. The van der Waals surface area contributed by atoms with E-state index >= 15 is 0 Å². The maximum Gasteiger partial charge on any atom is 0.237 e. The van der Waals surface area contributed by atoms with Gasteiger partial charge in [-0.3, -0.25) is 4.79 Å². The van der Waals surface area contributed by atoms with Crippen LogP contribution in [0.1, 0.15) is 19.8 Å². The maximum atomic E-state index is 13.3. The first-order chi connectivity index (χ1) is 10.1. The number of carbonyl (C=O) groups excluding carboxylic acids is 1. The first-order valence-corrected chi connectivity index (χ1v) is 7.15. The molecule has 6 heteroatoms. The predicted octanol–water partition coefficient (Wildman–Crippen LogP) is 0.822. The molecular formula is C15H21FN2O3. The molecule has 0 radical (unpaired) electrons. The van der Waals surface area contributed by atoms with Gasteiger partial charge >= 0.3 is 0 Å². The number of rotatable bonds is 8. The molecule has 1 aromatic rings. The van der Waals surface area contributed by atoms with Crippen LogP contribution in [-0.2, 0) is 4.79 Å². The van der Waals surface area contributed by atoms with E-state index < -0.39 is 11.9 Å². The lowest BCUT2D eigenvalue weighted by atomic mass is 10.2. The summed E-state index contributed by atoms with van der Waals surface area (Å²) in [7, 11) is 0. The molecular weight excluding hydrogens is 275 g/mol. The average molecular weight is 296 g/mol. The van der Waals surface area contributed by atoms with Crippen molar-refractivity contribution in [2.45, 2.75) is 38.0 Å². The van der Waals surface area contributed by atoms with Gasteiger partial charge in [-0.25, -0.2) is 4.39 Å². The zero-order chi connectivity index (χ0) is 15.2. The van der Waals surface area contributed by atoms with Crippen molar-refractivity contribution in [2.24, 2.45) is 0 Å². The van der Waals surface area contributed by atoms with E-state index in [1.807, 2.05) is 0 Å². The van der Waals surface area contributed by atoms with Crippen LogP contribution in [0.2, 0.25) is 0 Å². The summed E-state index contributed by atoms with van der Waals surface area (Å²) in [4.78, 5) is 11.7. The van der Waals surface area contributed by atoms with Gasteiger partial charge < -0.3 is 20.5 Å². The highest BCUT2D eigenvalue weighted by Gasteiger charge is 2.25. The quantitative estimate of drug-likeness (QED) is 0.664. The number of aliphatic hydroxyl groups is 1. The van der Waals surface area contributed by atoms with Gasteiger partial charge in [-0.1, -0.05) is 12.1 Å². The van der Waals surface area contributed by atoms with Crippen LogP contribution >= 0.6 is 0 Å². The fourth-order valence-corrected chi connectivity index (χ4v) is 1.77. The molecule has 1 saturated carbocycles. The summed E-state index contributed by atoms with van der Waals surface area (Å²) in [5.41, 5.74) is 0. The van der Waals surface area contributed by atoms with Gasteiger partial charge in [0.25, 0.3) is 0 Å². The Kier molecular flexibility index (Phi) is 5.52. The number of hydrogen-bond donors (Lipinski definition) is 3. The Morgan fingerprint density at radius 2 is 2.19 bits per heavy atom. The molecule has 5 nitrogen and oxygen atoms in total. The summed E-state index contributed by atoms with van der Waals surface area (Å²) in [5, 5.41) is 15.6. The van der Waals surface area contributed by atoms with Crippen molar-refractivity contribution in [2.75, 3.05) is 13.2 Å². The van der Waals surface area contributed by atoms with Gasteiger partial charge in [-0.05, 0) is 31.9 Å². The lowest BCUT2D eigenvalue weighted by Gasteiger charge is -2.17. The average Bonchev–Trinajstić information content (AvgIpc) is 3.27. The van der Waals surface area contributed by atoms with Gasteiger partial charge in [-0.15, -0.1) is 0 Å². The molecule has 2 atom stereocenters. The Labute approximate surface area is 123 Å². The summed E-state index contributed by atoms with van der Waals surface area (Å²) in [6, 6.07) is 5.96. The van der Waals surface area contributed by atoms with Gasteiger partial charge in [0.15, 0.2) is 11.6 Å². The summed E-state index contributed by atoms with van der Waals surface area (Å²) in [6.07, 6.45) is 1.26. The zero-order valence-corrected chi connectivity index (χ0v) is 12.0. The summed E-state index contributed by atoms with van der Waals surface area (Å²) < 4.78 is 18.5. The van der Waals surface area contributed by atoms with Crippen molar-refractivity contribution in [3.05, 3.63) is 30.1 Å². The van der Waals surface area contributed by atoms with E-state index in [2.05, 4.69) is 10.6 Å². The second-order valence-electron chi connectivity index (χ2n) is 5.31. The first kappa shape index (κ1) is 15.7. The number of ether oxygens (including phenoxy) is 1. The van der Waals surface area contributed by atoms with Crippen molar-refractivity contribution >= 4 is 5.91 Å². The molecule has 1 aliphatic rings. The van der Waals surface area contributed by atoms with Gasteiger partial charge in [0, 0.05) is 12.6 Å². The molecule has 1 amide bonds. The Balaban J connectivity index is 1.65. The molecule has 116 valence electrons. The van der Waals surface area contributed by atoms with Crippen molar-refractivity contribution in [3.8, 4) is 5.75 Å². The van der Waals surface area contributed by atoms with E-state index in [9.17, 15) is 14.3 Å². The zero-order valence-electron chi connectivity index (χ0n) is 12.0. The Morgan fingerprint density at radius 3 is 2.86 bits per heavy atom. The highest BCUT2D eigenvalue weighted by Crippen LogP contribution is 2.18. The molecule has 1 aliphatic carbocycles. The van der Waals surface area contributed by atoms with E-state index in [-0.39, 0.29) is 30.9 Å². The molecule has 0 aliphatic heterocycles. The molecule has 3 N–H and O–H groups in total. The smallest absolute Gasteiger partial charge is 0.237 e. The molecule has 0 spiro atoms. The number of amides is 1. The van der Waals surface area contributed by atoms with Crippen molar-refractivity contribution in [3.63, 3.8) is 0 Å². The fourth-order valence-electron chi connectivity index (χ4n) is 1.77. The maximum absolute atomic E-state index is 13.3. The fraction of sp³-hybridized carbons (Fsp3) is 0.533. The lowest BCUT2D eigenvalue weighted by molar-refractivity contribution is -0.123. The minimum absolute atomic E-state index is 0.0368. The van der Waals surface area contributed by atoms with Gasteiger partial charge in [0.2, 0.25) is 5.91 Å². The van der Waals surface area contributed by atoms with Crippen molar-refractivity contribution < 1.29 is 19.0 Å². The van der Waals surface area contributed by atoms with Crippen LogP contribution in [0, 0.1) is 5.82 Å². The Morgan fingerprint density at radius 1 is 1.48 bits per heavy atom. The molecule has 0 aromatic heterocycles. The highest BCUT2D eigenvalue weighted by atomic mass is 19.1. The van der Waals surface area contributed by atoms with Gasteiger partial charge in [-0.2, -0.15) is 0 Å². The van der Waals surface area contributed by atoms with Crippen LogP contribution in [0.4, 0.5) is 4.39 Å². The molecule has 21 heavy (non-hydrogen) atoms. The third kappa shape index (κ3) is 5.32. The predicted molar refractivity (Wildman–Crippen MR) is 76.5 cm³/mol. The minimum Gasteiger partial charge on any atom is -0.488 e. The number of hydrogen-bond acceptors (Lipinski definition) is 4. The van der Waals surface area contributed by atoms with Gasteiger partial charge in [0.05, 0.1) is 6.04 Å². The molecule has 1 aromatic carbocycles. The van der Waals surface area contributed by atoms with Crippen molar-refractivity contribution in [1.82, 2.24) is 10.6 Å². The van der Waals surface area contributed by atoms with Gasteiger partial charge in [0.1, 0.15) is 12.7 Å². The largest absolute Gasteiger partial charge is 0.488 e. The SMILES string of the molecule is CC(NCC(O)COc1ccccc1F)C(=O)NC1CC1. The van der Waals surface area contributed by atoms with E-state index in [4.69, 9.17) is 4.74 Å². The van der Waals surface area contributed by atoms with E-state index in [0.717, 1.165) is 12.8 Å². The van der Waals surface area contributed by atoms with E-state index in [1.54, 1.807) is 19.1 Å². The topological polar surface area (TPSA) is 70.6 Å². The summed E-state index contributed by atoms with van der Waals surface area (Å²) in [5.74, 6) is -0.425. The van der Waals surface area contributed by atoms with Crippen LogP contribution in [0.25, 0.3) is 0 Å². The molecule has 0 saturated heterocycles. The highest BCUT2D eigenvalue weighted by molar-refractivity contribution is 5.81. The molecule has 2 unspecified atom stereocenters. The molecule has 0 bridgehead atoms.